The summed E-state index contributed by atoms with van der Waals surface area (Å²) in [6.45, 7) is 2.62. The molecule has 1 aliphatic heterocycles. The summed E-state index contributed by atoms with van der Waals surface area (Å²) in [4.78, 5) is 0. The molecule has 1 unspecified atom stereocenters. The van der Waals surface area contributed by atoms with E-state index in [9.17, 15) is 22.0 Å². The van der Waals surface area contributed by atoms with Crippen LogP contribution in [0.3, 0.4) is 0 Å². The fourth-order valence-corrected chi connectivity index (χ4v) is 4.52. The van der Waals surface area contributed by atoms with Crippen LogP contribution in [-0.4, -0.2) is 38.0 Å². The van der Waals surface area contributed by atoms with E-state index in [1.807, 2.05) is 0 Å². The first-order valence-electron chi connectivity index (χ1n) is 14.0. The number of alkyl halides is 5. The van der Waals surface area contributed by atoms with Crippen molar-refractivity contribution in [3.8, 4) is 0 Å². The molecule has 1 fully saturated rings. The monoisotopic (exact) mass is 500 g/mol. The van der Waals surface area contributed by atoms with Crippen LogP contribution in [0.15, 0.2) is 0 Å². The number of hydrogen-bond donors (Lipinski definition) is 0. The molecule has 34 heavy (non-hydrogen) atoms. The molecule has 0 saturated carbocycles. The molecule has 1 aliphatic rings. The van der Waals surface area contributed by atoms with Crippen LogP contribution >= 0.6 is 0 Å². The van der Waals surface area contributed by atoms with E-state index >= 15 is 0 Å². The average molecular weight is 501 g/mol. The van der Waals surface area contributed by atoms with Gasteiger partial charge in [-0.05, 0) is 38.5 Å². The van der Waals surface area contributed by atoms with Gasteiger partial charge in [0.25, 0.3) is 0 Å². The molecule has 0 aromatic carbocycles. The molecular formula is C27H49F5O2. The lowest BCUT2D eigenvalue weighted by Crippen LogP contribution is -2.36. The summed E-state index contributed by atoms with van der Waals surface area (Å²) in [5.41, 5.74) is 0. The fourth-order valence-electron chi connectivity index (χ4n) is 4.52. The maximum atomic E-state index is 12.8. The van der Waals surface area contributed by atoms with Crippen molar-refractivity contribution in [3.05, 3.63) is 0 Å². The van der Waals surface area contributed by atoms with Gasteiger partial charge in [-0.1, -0.05) is 89.9 Å². The van der Waals surface area contributed by atoms with Crippen LogP contribution in [0.5, 0.6) is 0 Å². The zero-order chi connectivity index (χ0) is 25.0. The molecule has 0 aromatic heterocycles. The number of hydrogen-bond acceptors (Lipinski definition) is 2. The van der Waals surface area contributed by atoms with Crippen LogP contribution in [0, 0.1) is 0 Å². The van der Waals surface area contributed by atoms with Crippen molar-refractivity contribution in [2.75, 3.05) is 19.8 Å². The highest BCUT2D eigenvalue weighted by atomic mass is 19.4. The third-order valence-electron chi connectivity index (χ3n) is 6.80. The van der Waals surface area contributed by atoms with Gasteiger partial charge in [0.05, 0.1) is 6.10 Å². The van der Waals surface area contributed by atoms with Crippen molar-refractivity contribution in [2.45, 2.75) is 153 Å². The largest absolute Gasteiger partial charge is 0.453 e. The van der Waals surface area contributed by atoms with E-state index in [4.69, 9.17) is 9.47 Å². The van der Waals surface area contributed by atoms with E-state index in [0.29, 0.717) is 12.5 Å². The van der Waals surface area contributed by atoms with Crippen molar-refractivity contribution in [1.29, 1.82) is 0 Å². The lowest BCUT2D eigenvalue weighted by atomic mass is 10.0. The molecule has 0 aromatic rings. The third kappa shape index (κ3) is 17.1. The molecule has 1 atom stereocenters. The lowest BCUT2D eigenvalue weighted by Gasteiger charge is -2.22. The Labute approximate surface area is 204 Å². The molecule has 0 radical (unpaired) electrons. The minimum atomic E-state index is -5.41. The van der Waals surface area contributed by atoms with Gasteiger partial charge in [0.1, 0.15) is 0 Å². The van der Waals surface area contributed by atoms with Crippen molar-refractivity contribution in [3.63, 3.8) is 0 Å². The van der Waals surface area contributed by atoms with E-state index in [1.54, 1.807) is 0 Å². The summed E-state index contributed by atoms with van der Waals surface area (Å²) in [7, 11) is 0. The van der Waals surface area contributed by atoms with E-state index in [2.05, 4.69) is 0 Å². The third-order valence-corrected chi connectivity index (χ3v) is 6.80. The van der Waals surface area contributed by atoms with Crippen molar-refractivity contribution in [1.82, 2.24) is 0 Å². The highest BCUT2D eigenvalue weighted by molar-refractivity contribution is 4.75. The Morgan fingerprint density at radius 1 is 0.588 bits per heavy atom. The van der Waals surface area contributed by atoms with E-state index < -0.39 is 18.5 Å². The maximum absolute atomic E-state index is 12.8. The molecule has 2 nitrogen and oxygen atoms in total. The van der Waals surface area contributed by atoms with Crippen LogP contribution < -0.4 is 0 Å². The molecule has 1 rings (SSSR count). The Balaban J connectivity index is 1.70. The highest BCUT2D eigenvalue weighted by Crippen LogP contribution is 2.39. The summed E-state index contributed by atoms with van der Waals surface area (Å²) in [6, 6.07) is 0. The summed E-state index contributed by atoms with van der Waals surface area (Å²) in [5.74, 6) is -4.54. The predicted molar refractivity (Wildman–Crippen MR) is 129 cm³/mol. The van der Waals surface area contributed by atoms with Gasteiger partial charge in [0, 0.05) is 26.2 Å². The number of ether oxygens (including phenoxy) is 2. The molecule has 0 aliphatic carbocycles. The minimum Gasteiger partial charge on any atom is -0.381 e. The van der Waals surface area contributed by atoms with Gasteiger partial charge in [0.15, 0.2) is 0 Å². The van der Waals surface area contributed by atoms with E-state index in [1.165, 1.54) is 77.0 Å². The average Bonchev–Trinajstić information content (AvgIpc) is 2.80. The second-order valence-corrected chi connectivity index (χ2v) is 10.00. The van der Waals surface area contributed by atoms with Crippen LogP contribution in [-0.2, 0) is 9.47 Å². The minimum absolute atomic E-state index is 0.0590. The van der Waals surface area contributed by atoms with Crippen LogP contribution in [0.25, 0.3) is 0 Å². The summed E-state index contributed by atoms with van der Waals surface area (Å²) in [6.07, 6.45) is 15.5. The zero-order valence-electron chi connectivity index (χ0n) is 21.3. The van der Waals surface area contributed by atoms with E-state index in [0.717, 1.165) is 58.3 Å². The van der Waals surface area contributed by atoms with Crippen molar-refractivity contribution in [2.24, 2.45) is 0 Å². The highest BCUT2D eigenvalue weighted by Gasteiger charge is 2.56. The van der Waals surface area contributed by atoms with Gasteiger partial charge in [-0.2, -0.15) is 22.0 Å². The predicted octanol–water partition coefficient (Wildman–Crippen LogP) is 9.79. The van der Waals surface area contributed by atoms with Gasteiger partial charge in [-0.15, -0.1) is 0 Å². The molecule has 0 bridgehead atoms. The van der Waals surface area contributed by atoms with Gasteiger partial charge < -0.3 is 9.47 Å². The van der Waals surface area contributed by atoms with Crippen molar-refractivity contribution < 1.29 is 31.4 Å². The SMILES string of the molecule is FC(F)(F)C(F)(F)CCCCCCCCCCCCCCCCCCOCCC1CCCCO1. The molecule has 0 spiro atoms. The first-order valence-corrected chi connectivity index (χ1v) is 14.0. The van der Waals surface area contributed by atoms with Gasteiger partial charge in [-0.3, -0.25) is 0 Å². The van der Waals surface area contributed by atoms with Crippen LogP contribution in [0.1, 0.15) is 135 Å². The van der Waals surface area contributed by atoms with Crippen molar-refractivity contribution >= 4 is 0 Å². The second kappa shape index (κ2) is 19.7. The Bertz CT molecular complexity index is 451. The smallest absolute Gasteiger partial charge is 0.381 e. The Morgan fingerprint density at radius 2 is 1.06 bits per heavy atom. The second-order valence-electron chi connectivity index (χ2n) is 10.00. The quantitative estimate of drug-likeness (QED) is 0.109. The Morgan fingerprint density at radius 3 is 1.50 bits per heavy atom. The summed E-state index contributed by atoms with van der Waals surface area (Å²) in [5, 5.41) is 0. The standard InChI is InChI=1S/C27H49F5O2/c28-26(29,27(30,31)32)21-16-13-11-9-7-5-3-1-2-4-6-8-10-12-14-17-22-33-24-20-25-19-15-18-23-34-25/h25H,1-24H2. The first-order chi connectivity index (χ1) is 16.3. The van der Waals surface area contributed by atoms with E-state index in [-0.39, 0.29) is 6.42 Å². The molecular weight excluding hydrogens is 451 g/mol. The first kappa shape index (κ1) is 31.6. The topological polar surface area (TPSA) is 18.5 Å². The Kier molecular flexibility index (Phi) is 18.3. The van der Waals surface area contributed by atoms with Gasteiger partial charge in [0.2, 0.25) is 0 Å². The van der Waals surface area contributed by atoms with Crippen LogP contribution in [0.2, 0.25) is 0 Å². The number of halogens is 5. The molecule has 1 saturated heterocycles. The Hall–Kier alpha value is -0.430. The molecule has 204 valence electrons. The number of rotatable bonds is 22. The number of unbranched alkanes of at least 4 members (excludes halogenated alkanes) is 15. The summed E-state index contributed by atoms with van der Waals surface area (Å²) < 4.78 is 73.2. The van der Waals surface area contributed by atoms with Gasteiger partial charge >= 0.3 is 12.1 Å². The van der Waals surface area contributed by atoms with Gasteiger partial charge in [-0.25, -0.2) is 0 Å². The lowest BCUT2D eigenvalue weighted by molar-refractivity contribution is -0.284. The molecule has 0 N–H and O–H groups in total. The summed E-state index contributed by atoms with van der Waals surface area (Å²) >= 11 is 0. The fraction of sp³-hybridized carbons (Fsp3) is 1.00. The zero-order valence-corrected chi connectivity index (χ0v) is 21.3. The molecule has 1 heterocycles. The maximum Gasteiger partial charge on any atom is 0.453 e. The van der Waals surface area contributed by atoms with Crippen LogP contribution in [0.4, 0.5) is 22.0 Å². The molecule has 0 amide bonds. The molecule has 7 heteroatoms. The normalized spacial score (nSPS) is 17.4.